The molecule has 0 bridgehead atoms. The van der Waals surface area contributed by atoms with E-state index in [1.165, 1.54) is 39.6 Å². The SMILES string of the molecule is Cn1cc(S(=O)(=O)N2CCCC(O)c3cc(F)ccc32)cn1. The number of aromatic nitrogens is 2. The van der Waals surface area contributed by atoms with Crippen LogP contribution in [0.15, 0.2) is 35.5 Å². The topological polar surface area (TPSA) is 75.4 Å². The molecule has 1 unspecified atom stereocenters. The first-order valence-electron chi connectivity index (χ1n) is 6.88. The van der Waals surface area contributed by atoms with Gasteiger partial charge < -0.3 is 5.11 Å². The van der Waals surface area contributed by atoms with Crippen molar-refractivity contribution in [2.45, 2.75) is 23.8 Å². The second-order valence-electron chi connectivity index (χ2n) is 5.29. The minimum absolute atomic E-state index is 0.0710. The smallest absolute Gasteiger partial charge is 0.267 e. The maximum absolute atomic E-state index is 13.5. The maximum atomic E-state index is 13.5. The van der Waals surface area contributed by atoms with Crippen LogP contribution in [0.1, 0.15) is 24.5 Å². The van der Waals surface area contributed by atoms with Gasteiger partial charge in [0.2, 0.25) is 0 Å². The quantitative estimate of drug-likeness (QED) is 0.910. The van der Waals surface area contributed by atoms with Gasteiger partial charge in [0.25, 0.3) is 10.0 Å². The summed E-state index contributed by atoms with van der Waals surface area (Å²) in [6, 6.07) is 3.78. The zero-order chi connectivity index (χ0) is 15.9. The average Bonchev–Trinajstić information content (AvgIpc) is 2.84. The minimum atomic E-state index is -3.80. The second kappa shape index (κ2) is 5.36. The number of sulfonamides is 1. The van der Waals surface area contributed by atoms with Crippen molar-refractivity contribution in [2.24, 2.45) is 7.05 Å². The Kier molecular flexibility index (Phi) is 3.65. The third-order valence-corrected chi connectivity index (χ3v) is 5.49. The normalized spacial score (nSPS) is 18.9. The van der Waals surface area contributed by atoms with Crippen molar-refractivity contribution < 1.29 is 17.9 Å². The van der Waals surface area contributed by atoms with Crippen LogP contribution in [-0.2, 0) is 17.1 Å². The Bertz CT molecular complexity index is 803. The van der Waals surface area contributed by atoms with E-state index in [1.807, 2.05) is 0 Å². The summed E-state index contributed by atoms with van der Waals surface area (Å²) >= 11 is 0. The first-order valence-corrected chi connectivity index (χ1v) is 8.32. The number of aryl methyl sites for hydroxylation is 1. The first-order chi connectivity index (χ1) is 10.4. The summed E-state index contributed by atoms with van der Waals surface area (Å²) in [6.07, 6.45) is 2.69. The molecule has 6 nitrogen and oxygen atoms in total. The fourth-order valence-electron chi connectivity index (χ4n) is 2.63. The monoisotopic (exact) mass is 325 g/mol. The standard InChI is InChI=1S/C14H16FN3O3S/c1-17-9-11(8-16-17)22(20,21)18-6-2-3-14(19)12-7-10(15)4-5-13(12)18/h4-5,7-9,14,19H,2-3,6H2,1H3. The largest absolute Gasteiger partial charge is 0.388 e. The van der Waals surface area contributed by atoms with Gasteiger partial charge in [-0.05, 0) is 31.0 Å². The summed E-state index contributed by atoms with van der Waals surface area (Å²) in [6.45, 7) is 0.229. The number of anilines is 1. The molecule has 0 saturated carbocycles. The van der Waals surface area contributed by atoms with Crippen molar-refractivity contribution in [3.8, 4) is 0 Å². The summed E-state index contributed by atoms with van der Waals surface area (Å²) in [4.78, 5) is 0.0710. The van der Waals surface area contributed by atoms with Crippen LogP contribution >= 0.6 is 0 Å². The van der Waals surface area contributed by atoms with Crippen LogP contribution in [0.2, 0.25) is 0 Å². The lowest BCUT2D eigenvalue weighted by Gasteiger charge is -2.24. The van der Waals surface area contributed by atoms with Crippen LogP contribution in [0.5, 0.6) is 0 Å². The molecule has 3 rings (SSSR count). The third-order valence-electron chi connectivity index (χ3n) is 3.73. The van der Waals surface area contributed by atoms with Crippen LogP contribution in [-0.4, -0.2) is 29.8 Å². The zero-order valence-electron chi connectivity index (χ0n) is 12.0. The van der Waals surface area contributed by atoms with Gasteiger partial charge in [-0.1, -0.05) is 0 Å². The lowest BCUT2D eigenvalue weighted by atomic mass is 10.0. The Labute approximate surface area is 127 Å². The van der Waals surface area contributed by atoms with Gasteiger partial charge in [0.1, 0.15) is 10.7 Å². The highest BCUT2D eigenvalue weighted by atomic mass is 32.2. The van der Waals surface area contributed by atoms with Crippen molar-refractivity contribution >= 4 is 15.7 Å². The molecule has 1 aromatic heterocycles. The Morgan fingerprint density at radius 1 is 1.41 bits per heavy atom. The van der Waals surface area contributed by atoms with Crippen LogP contribution in [0.3, 0.4) is 0 Å². The molecule has 2 aromatic rings. The molecular weight excluding hydrogens is 309 g/mol. The number of hydrogen-bond acceptors (Lipinski definition) is 4. The average molecular weight is 325 g/mol. The molecule has 1 N–H and O–H groups in total. The Morgan fingerprint density at radius 2 is 2.18 bits per heavy atom. The van der Waals surface area contributed by atoms with Crippen LogP contribution in [0.4, 0.5) is 10.1 Å². The molecule has 8 heteroatoms. The van der Waals surface area contributed by atoms with Gasteiger partial charge in [-0.3, -0.25) is 8.99 Å². The molecule has 2 heterocycles. The predicted molar refractivity (Wildman–Crippen MR) is 78.3 cm³/mol. The van der Waals surface area contributed by atoms with Crippen molar-refractivity contribution in [3.05, 3.63) is 42.0 Å². The number of aliphatic hydroxyl groups is 1. The second-order valence-corrected chi connectivity index (χ2v) is 7.15. The van der Waals surface area contributed by atoms with Gasteiger partial charge in [0, 0.05) is 25.4 Å². The number of benzene rings is 1. The number of hydrogen-bond donors (Lipinski definition) is 1. The van der Waals surface area contributed by atoms with Crippen LogP contribution in [0, 0.1) is 5.82 Å². The molecular formula is C14H16FN3O3S. The van der Waals surface area contributed by atoms with E-state index in [0.29, 0.717) is 24.1 Å². The molecule has 1 aliphatic rings. The predicted octanol–water partition coefficient (Wildman–Crippen LogP) is 1.58. The number of nitrogens with zero attached hydrogens (tertiary/aromatic N) is 3. The van der Waals surface area contributed by atoms with Gasteiger partial charge in [-0.25, -0.2) is 12.8 Å². The van der Waals surface area contributed by atoms with Gasteiger partial charge in [0.05, 0.1) is 18.0 Å². The third kappa shape index (κ3) is 2.48. The van der Waals surface area contributed by atoms with Gasteiger partial charge in [-0.15, -0.1) is 0 Å². The Balaban J connectivity index is 2.13. The summed E-state index contributed by atoms with van der Waals surface area (Å²) in [7, 11) is -2.16. The fourth-order valence-corrected chi connectivity index (χ4v) is 4.15. The van der Waals surface area contributed by atoms with E-state index in [-0.39, 0.29) is 11.4 Å². The van der Waals surface area contributed by atoms with Gasteiger partial charge in [-0.2, -0.15) is 5.10 Å². The number of aliphatic hydroxyl groups excluding tert-OH is 1. The summed E-state index contributed by atoms with van der Waals surface area (Å²) in [5.41, 5.74) is 0.611. The highest BCUT2D eigenvalue weighted by molar-refractivity contribution is 7.92. The maximum Gasteiger partial charge on any atom is 0.267 e. The van der Waals surface area contributed by atoms with E-state index in [0.717, 1.165) is 0 Å². The minimum Gasteiger partial charge on any atom is -0.388 e. The molecule has 1 aromatic carbocycles. The molecule has 0 fully saturated rings. The Hall–Kier alpha value is -1.93. The summed E-state index contributed by atoms with van der Waals surface area (Å²) in [5.74, 6) is -0.501. The highest BCUT2D eigenvalue weighted by Gasteiger charge is 2.31. The molecule has 0 saturated heterocycles. The lowest BCUT2D eigenvalue weighted by Crippen LogP contribution is -2.31. The molecule has 0 amide bonds. The zero-order valence-corrected chi connectivity index (χ0v) is 12.8. The van der Waals surface area contributed by atoms with E-state index in [2.05, 4.69) is 5.10 Å². The van der Waals surface area contributed by atoms with Crippen molar-refractivity contribution in [1.82, 2.24) is 9.78 Å². The van der Waals surface area contributed by atoms with E-state index in [9.17, 15) is 17.9 Å². The molecule has 1 atom stereocenters. The van der Waals surface area contributed by atoms with Crippen LogP contribution in [0.25, 0.3) is 0 Å². The molecule has 1 aliphatic heterocycles. The van der Waals surface area contributed by atoms with E-state index in [1.54, 1.807) is 7.05 Å². The van der Waals surface area contributed by atoms with Crippen molar-refractivity contribution in [3.63, 3.8) is 0 Å². The molecule has 0 spiro atoms. The first kappa shape index (κ1) is 15.0. The highest BCUT2D eigenvalue weighted by Crippen LogP contribution is 2.36. The number of rotatable bonds is 2. The molecule has 0 radical (unpaired) electrons. The van der Waals surface area contributed by atoms with Crippen molar-refractivity contribution in [1.29, 1.82) is 0 Å². The van der Waals surface area contributed by atoms with Crippen molar-refractivity contribution in [2.75, 3.05) is 10.8 Å². The Morgan fingerprint density at radius 3 is 2.86 bits per heavy atom. The van der Waals surface area contributed by atoms with E-state index in [4.69, 9.17) is 0 Å². The van der Waals surface area contributed by atoms with Gasteiger partial charge in [0.15, 0.2) is 0 Å². The number of fused-ring (bicyclic) bond motifs is 1. The summed E-state index contributed by atoms with van der Waals surface area (Å²) < 4.78 is 41.7. The molecule has 118 valence electrons. The van der Waals surface area contributed by atoms with Crippen LogP contribution < -0.4 is 4.31 Å². The number of halogens is 1. The summed E-state index contributed by atoms with van der Waals surface area (Å²) in [5, 5.41) is 14.0. The molecule has 22 heavy (non-hydrogen) atoms. The molecule has 0 aliphatic carbocycles. The van der Waals surface area contributed by atoms with E-state index < -0.39 is 21.9 Å². The van der Waals surface area contributed by atoms with Gasteiger partial charge >= 0.3 is 0 Å². The fraction of sp³-hybridized carbons (Fsp3) is 0.357. The lowest BCUT2D eigenvalue weighted by molar-refractivity contribution is 0.168. The van der Waals surface area contributed by atoms with E-state index >= 15 is 0 Å².